The van der Waals surface area contributed by atoms with Crippen molar-refractivity contribution in [3.63, 3.8) is 0 Å². The lowest BCUT2D eigenvalue weighted by Gasteiger charge is -2.27. The Morgan fingerprint density at radius 1 is 1.38 bits per heavy atom. The molecule has 4 heteroatoms. The largest absolute Gasteiger partial charge is 0.310 e. The van der Waals surface area contributed by atoms with Gasteiger partial charge in [-0.2, -0.15) is 0 Å². The Labute approximate surface area is 76.8 Å². The number of nitrogens with one attached hydrogen (secondary N) is 2. The molecule has 68 valence electrons. The molecule has 3 rings (SSSR count). The van der Waals surface area contributed by atoms with Crippen LogP contribution in [0.1, 0.15) is 12.0 Å². The summed E-state index contributed by atoms with van der Waals surface area (Å²) in [7, 11) is 0. The molecule has 2 atom stereocenters. The first-order valence-corrected chi connectivity index (χ1v) is 4.63. The van der Waals surface area contributed by atoms with Gasteiger partial charge in [0.25, 0.3) is 0 Å². The Morgan fingerprint density at radius 2 is 2.23 bits per heavy atom. The van der Waals surface area contributed by atoms with Gasteiger partial charge in [-0.05, 0) is 6.42 Å². The number of piperazine rings is 1. The van der Waals surface area contributed by atoms with Crippen LogP contribution in [-0.2, 0) is 5.54 Å². The molecule has 2 saturated heterocycles. The van der Waals surface area contributed by atoms with E-state index in [1.807, 2.05) is 12.4 Å². The molecule has 0 radical (unpaired) electrons. The second-order valence-corrected chi connectivity index (χ2v) is 3.87. The first kappa shape index (κ1) is 7.41. The molecule has 0 unspecified atom stereocenters. The van der Waals surface area contributed by atoms with E-state index in [1.54, 1.807) is 6.33 Å². The highest BCUT2D eigenvalue weighted by Crippen LogP contribution is 2.34. The maximum Gasteiger partial charge on any atom is 0.115 e. The zero-order chi connectivity index (χ0) is 8.73. The Balaban J connectivity index is 2.00. The standard InChI is InChI=1S/C9H12N4/c1-8-4-13-9(1,5-12-8)7-2-10-6-11-3-7/h2-3,6,8,12-13H,1,4-5H2/t8-,9+/m0/s1. The van der Waals surface area contributed by atoms with Crippen molar-refractivity contribution in [2.24, 2.45) is 0 Å². The van der Waals surface area contributed by atoms with Gasteiger partial charge in [0.05, 0.1) is 5.54 Å². The highest BCUT2D eigenvalue weighted by molar-refractivity contribution is 5.24. The molecule has 4 nitrogen and oxygen atoms in total. The molecular formula is C9H12N4. The molecule has 2 bridgehead atoms. The highest BCUT2D eigenvalue weighted by atomic mass is 15.2. The Kier molecular flexibility index (Phi) is 1.42. The zero-order valence-corrected chi connectivity index (χ0v) is 7.33. The third-order valence-electron chi connectivity index (χ3n) is 3.09. The van der Waals surface area contributed by atoms with Crippen LogP contribution >= 0.6 is 0 Å². The van der Waals surface area contributed by atoms with Crippen molar-refractivity contribution in [3.05, 3.63) is 24.3 Å². The van der Waals surface area contributed by atoms with Crippen molar-refractivity contribution in [2.45, 2.75) is 18.0 Å². The molecular weight excluding hydrogens is 164 g/mol. The third kappa shape index (κ3) is 0.990. The molecule has 2 aliphatic rings. The van der Waals surface area contributed by atoms with E-state index in [-0.39, 0.29) is 5.54 Å². The van der Waals surface area contributed by atoms with E-state index < -0.39 is 0 Å². The van der Waals surface area contributed by atoms with Crippen molar-refractivity contribution < 1.29 is 0 Å². The average Bonchev–Trinajstić information content (AvgIpc) is 2.80. The zero-order valence-electron chi connectivity index (χ0n) is 7.33. The van der Waals surface area contributed by atoms with E-state index in [1.165, 1.54) is 12.0 Å². The van der Waals surface area contributed by atoms with Gasteiger partial charge in [-0.15, -0.1) is 0 Å². The molecule has 2 fully saturated rings. The van der Waals surface area contributed by atoms with E-state index >= 15 is 0 Å². The maximum absolute atomic E-state index is 4.06. The SMILES string of the molecule is c1ncc([C@@]23CN[C@H](CN2)C3)cn1. The van der Waals surface area contributed by atoms with Crippen molar-refractivity contribution in [1.29, 1.82) is 0 Å². The van der Waals surface area contributed by atoms with Gasteiger partial charge in [0, 0.05) is 37.1 Å². The van der Waals surface area contributed by atoms with Crippen LogP contribution in [0.2, 0.25) is 0 Å². The molecule has 3 heterocycles. The molecule has 0 saturated carbocycles. The van der Waals surface area contributed by atoms with Gasteiger partial charge in [0.15, 0.2) is 0 Å². The first-order chi connectivity index (χ1) is 6.39. The quantitative estimate of drug-likeness (QED) is 0.613. The van der Waals surface area contributed by atoms with Gasteiger partial charge in [0.2, 0.25) is 0 Å². The number of hydrogen-bond acceptors (Lipinski definition) is 4. The minimum absolute atomic E-state index is 0.117. The number of hydrogen-bond donors (Lipinski definition) is 2. The van der Waals surface area contributed by atoms with Crippen molar-refractivity contribution in [1.82, 2.24) is 20.6 Å². The third-order valence-corrected chi connectivity index (χ3v) is 3.09. The van der Waals surface area contributed by atoms with Gasteiger partial charge in [-0.1, -0.05) is 0 Å². The van der Waals surface area contributed by atoms with Crippen LogP contribution in [0.4, 0.5) is 0 Å². The van der Waals surface area contributed by atoms with E-state index in [0.29, 0.717) is 6.04 Å². The van der Waals surface area contributed by atoms with Crippen LogP contribution in [0.3, 0.4) is 0 Å². The lowest BCUT2D eigenvalue weighted by molar-refractivity contribution is 0.390. The lowest BCUT2D eigenvalue weighted by Crippen LogP contribution is -2.47. The van der Waals surface area contributed by atoms with Gasteiger partial charge < -0.3 is 10.6 Å². The van der Waals surface area contributed by atoms with Crippen molar-refractivity contribution in [2.75, 3.05) is 13.1 Å². The topological polar surface area (TPSA) is 49.8 Å². The predicted octanol–water partition coefficient (Wildman–Crippen LogP) is -0.363. The Hall–Kier alpha value is -1.00. The van der Waals surface area contributed by atoms with E-state index in [0.717, 1.165) is 13.1 Å². The summed E-state index contributed by atoms with van der Waals surface area (Å²) >= 11 is 0. The minimum atomic E-state index is 0.117. The van der Waals surface area contributed by atoms with Gasteiger partial charge >= 0.3 is 0 Å². The van der Waals surface area contributed by atoms with E-state index in [9.17, 15) is 0 Å². The summed E-state index contributed by atoms with van der Waals surface area (Å²) in [6, 6.07) is 0.639. The second kappa shape index (κ2) is 2.49. The molecule has 13 heavy (non-hydrogen) atoms. The summed E-state index contributed by atoms with van der Waals surface area (Å²) in [6.45, 7) is 2.07. The summed E-state index contributed by atoms with van der Waals surface area (Å²) in [6.07, 6.45) is 6.57. The summed E-state index contributed by atoms with van der Waals surface area (Å²) in [5, 5.41) is 7.02. The van der Waals surface area contributed by atoms with Gasteiger partial charge in [-0.25, -0.2) is 9.97 Å². The molecule has 2 aliphatic heterocycles. The summed E-state index contributed by atoms with van der Waals surface area (Å²) in [5.41, 5.74) is 1.33. The van der Waals surface area contributed by atoms with E-state index in [4.69, 9.17) is 0 Å². The first-order valence-electron chi connectivity index (χ1n) is 4.63. The Morgan fingerprint density at radius 3 is 2.77 bits per heavy atom. The fourth-order valence-corrected chi connectivity index (χ4v) is 2.35. The number of aromatic nitrogens is 2. The molecule has 1 aromatic rings. The van der Waals surface area contributed by atoms with Crippen LogP contribution < -0.4 is 10.6 Å². The van der Waals surface area contributed by atoms with Gasteiger partial charge in [-0.3, -0.25) is 0 Å². The van der Waals surface area contributed by atoms with Crippen LogP contribution in [0.25, 0.3) is 0 Å². The molecule has 0 spiro atoms. The van der Waals surface area contributed by atoms with Crippen LogP contribution in [0, 0.1) is 0 Å². The lowest BCUT2D eigenvalue weighted by atomic mass is 9.93. The summed E-state index contributed by atoms with van der Waals surface area (Å²) in [4.78, 5) is 8.12. The maximum atomic E-state index is 4.06. The van der Waals surface area contributed by atoms with Gasteiger partial charge in [0.1, 0.15) is 6.33 Å². The average molecular weight is 176 g/mol. The number of rotatable bonds is 1. The smallest absolute Gasteiger partial charge is 0.115 e. The molecule has 1 aromatic heterocycles. The fourth-order valence-electron chi connectivity index (χ4n) is 2.35. The fraction of sp³-hybridized carbons (Fsp3) is 0.556. The normalized spacial score (nSPS) is 36.8. The minimum Gasteiger partial charge on any atom is -0.310 e. The highest BCUT2D eigenvalue weighted by Gasteiger charge is 2.45. The Bertz CT molecular complexity index is 303. The monoisotopic (exact) mass is 176 g/mol. The van der Waals surface area contributed by atoms with E-state index in [2.05, 4.69) is 20.6 Å². The second-order valence-electron chi connectivity index (χ2n) is 3.87. The van der Waals surface area contributed by atoms with Crippen molar-refractivity contribution >= 4 is 0 Å². The predicted molar refractivity (Wildman–Crippen MR) is 48.1 cm³/mol. The number of nitrogens with zero attached hydrogens (tertiary/aromatic N) is 2. The molecule has 2 N–H and O–H groups in total. The molecule has 0 amide bonds. The van der Waals surface area contributed by atoms with Crippen LogP contribution in [-0.4, -0.2) is 29.1 Å². The van der Waals surface area contributed by atoms with Crippen LogP contribution in [0.5, 0.6) is 0 Å². The summed E-state index contributed by atoms with van der Waals surface area (Å²) < 4.78 is 0. The number of fused-ring (bicyclic) bond motifs is 2. The summed E-state index contributed by atoms with van der Waals surface area (Å²) in [5.74, 6) is 0. The molecule has 0 aromatic carbocycles. The van der Waals surface area contributed by atoms with Crippen LogP contribution in [0.15, 0.2) is 18.7 Å². The molecule has 0 aliphatic carbocycles. The van der Waals surface area contributed by atoms with Crippen molar-refractivity contribution in [3.8, 4) is 0 Å².